The molecule has 0 radical (unpaired) electrons. The van der Waals surface area contributed by atoms with Crippen LogP contribution in [0.5, 0.6) is 0 Å². The molecule has 2 aromatic rings. The number of nitriles is 1. The molecule has 3 rings (SSSR count). The van der Waals surface area contributed by atoms with Crippen LogP contribution in [-0.4, -0.2) is 58.7 Å². The average molecular weight is 624 g/mol. The molecule has 1 saturated heterocycles. The van der Waals surface area contributed by atoms with Crippen LogP contribution in [0.1, 0.15) is 65.5 Å². The Hall–Kier alpha value is -2.58. The molecule has 0 aliphatic carbocycles. The monoisotopic (exact) mass is 622 g/mol. The fourth-order valence-electron chi connectivity index (χ4n) is 4.51. The highest BCUT2D eigenvalue weighted by Gasteiger charge is 2.39. The van der Waals surface area contributed by atoms with E-state index >= 15 is 4.39 Å². The number of anilines is 1. The first-order chi connectivity index (χ1) is 18.1. The lowest BCUT2D eigenvalue weighted by molar-refractivity contribution is 0.0287. The number of ether oxygens (including phenoxy) is 2. The van der Waals surface area contributed by atoms with Crippen molar-refractivity contribution in [2.24, 2.45) is 0 Å². The molecule has 1 atom stereocenters. The van der Waals surface area contributed by atoms with Gasteiger partial charge in [0, 0.05) is 30.5 Å². The van der Waals surface area contributed by atoms with Crippen LogP contribution < -0.4 is 4.90 Å². The van der Waals surface area contributed by atoms with Crippen LogP contribution in [0.2, 0.25) is 0 Å². The number of benzene rings is 1. The van der Waals surface area contributed by atoms with Crippen molar-refractivity contribution in [3.8, 4) is 6.07 Å². The molecule has 1 aromatic heterocycles. The van der Waals surface area contributed by atoms with Crippen molar-refractivity contribution in [1.29, 1.82) is 5.26 Å². The molecule has 212 valence electrons. The Morgan fingerprint density at radius 1 is 1.26 bits per heavy atom. The van der Waals surface area contributed by atoms with Crippen molar-refractivity contribution in [3.63, 3.8) is 0 Å². The van der Waals surface area contributed by atoms with E-state index in [0.29, 0.717) is 46.6 Å². The van der Waals surface area contributed by atoms with Gasteiger partial charge < -0.3 is 14.4 Å². The van der Waals surface area contributed by atoms with Crippen molar-refractivity contribution in [2.75, 3.05) is 24.2 Å². The van der Waals surface area contributed by atoms with E-state index in [1.165, 1.54) is 11.8 Å². The van der Waals surface area contributed by atoms with E-state index in [1.807, 2.05) is 13.2 Å². The van der Waals surface area contributed by atoms with Gasteiger partial charge in [0.2, 0.25) is 0 Å². The van der Waals surface area contributed by atoms with Crippen LogP contribution >= 0.6 is 27.7 Å². The Morgan fingerprint density at radius 2 is 1.90 bits per heavy atom. The summed E-state index contributed by atoms with van der Waals surface area (Å²) in [4.78, 5) is 34.4. The fourth-order valence-corrected chi connectivity index (χ4v) is 5.59. The summed E-state index contributed by atoms with van der Waals surface area (Å²) < 4.78 is 27.4. The molecule has 39 heavy (non-hydrogen) atoms. The molecule has 1 aliphatic heterocycles. The molecule has 2 amide bonds. The van der Waals surface area contributed by atoms with Gasteiger partial charge in [-0.15, -0.1) is 11.8 Å². The van der Waals surface area contributed by atoms with Crippen LogP contribution in [-0.2, 0) is 15.9 Å². The first-order valence-electron chi connectivity index (χ1n) is 12.8. The van der Waals surface area contributed by atoms with Gasteiger partial charge in [0.15, 0.2) is 5.82 Å². The van der Waals surface area contributed by atoms with Crippen LogP contribution in [0.25, 0.3) is 10.9 Å². The number of hydrogen-bond donors (Lipinski definition) is 0. The number of fused-ring (bicyclic) bond motifs is 1. The first-order valence-corrected chi connectivity index (χ1v) is 14.8. The molecule has 1 aromatic carbocycles. The number of amides is 2. The van der Waals surface area contributed by atoms with Crippen LogP contribution in [0, 0.1) is 24.1 Å². The van der Waals surface area contributed by atoms with Crippen molar-refractivity contribution in [3.05, 3.63) is 27.5 Å². The summed E-state index contributed by atoms with van der Waals surface area (Å²) in [5.41, 5.74) is 0.457. The van der Waals surface area contributed by atoms with Gasteiger partial charge in [-0.25, -0.2) is 19.0 Å². The number of aryl methyl sites for hydroxylation is 1. The summed E-state index contributed by atoms with van der Waals surface area (Å²) >= 11 is 4.70. The van der Waals surface area contributed by atoms with Gasteiger partial charge in [0.05, 0.1) is 22.3 Å². The minimum absolute atomic E-state index is 0.114. The minimum Gasteiger partial charge on any atom is -0.444 e. The van der Waals surface area contributed by atoms with E-state index in [4.69, 9.17) is 14.7 Å². The number of pyridine rings is 1. The zero-order valence-corrected chi connectivity index (χ0v) is 26.2. The number of thioether (sulfide) groups is 1. The fraction of sp³-hybridized carbons (Fsp3) is 0.571. The molecule has 11 heteroatoms. The van der Waals surface area contributed by atoms with Gasteiger partial charge in [-0.3, -0.25) is 4.90 Å². The Balaban J connectivity index is 2.23. The first kappa shape index (κ1) is 31.0. The predicted octanol–water partition coefficient (Wildman–Crippen LogP) is 7.37. The van der Waals surface area contributed by atoms with Gasteiger partial charge in [-0.2, -0.15) is 5.26 Å². The smallest absolute Gasteiger partial charge is 0.415 e. The molecular weight excluding hydrogens is 587 g/mol. The molecule has 8 nitrogen and oxygen atoms in total. The lowest BCUT2D eigenvalue weighted by Crippen LogP contribution is -2.46. The topological polar surface area (TPSA) is 95.8 Å². The summed E-state index contributed by atoms with van der Waals surface area (Å²) in [6.45, 7) is 13.2. The number of rotatable bonds is 5. The van der Waals surface area contributed by atoms with Crippen LogP contribution in [0.3, 0.4) is 0 Å². The van der Waals surface area contributed by atoms with Crippen molar-refractivity contribution >= 4 is 56.5 Å². The van der Waals surface area contributed by atoms with Crippen molar-refractivity contribution < 1.29 is 23.5 Å². The van der Waals surface area contributed by atoms with Crippen molar-refractivity contribution in [1.82, 2.24) is 9.88 Å². The summed E-state index contributed by atoms with van der Waals surface area (Å²) in [5, 5.41) is 10.2. The Kier molecular flexibility index (Phi) is 9.43. The normalized spacial score (nSPS) is 15.8. The highest BCUT2D eigenvalue weighted by molar-refractivity contribution is 9.10. The third-order valence-corrected chi connectivity index (χ3v) is 7.75. The lowest BCUT2D eigenvalue weighted by atomic mass is 10.0. The Bertz CT molecular complexity index is 1320. The summed E-state index contributed by atoms with van der Waals surface area (Å²) in [7, 11) is 0. The largest absolute Gasteiger partial charge is 0.444 e. The molecule has 1 fully saturated rings. The van der Waals surface area contributed by atoms with Gasteiger partial charge >= 0.3 is 12.2 Å². The van der Waals surface area contributed by atoms with Gasteiger partial charge in [0.1, 0.15) is 21.7 Å². The van der Waals surface area contributed by atoms with E-state index in [1.54, 1.807) is 57.4 Å². The van der Waals surface area contributed by atoms with E-state index < -0.39 is 35.2 Å². The lowest BCUT2D eigenvalue weighted by Gasteiger charge is -2.34. The van der Waals surface area contributed by atoms with E-state index in [2.05, 4.69) is 27.0 Å². The zero-order chi connectivity index (χ0) is 29.3. The van der Waals surface area contributed by atoms with Crippen LogP contribution in [0.4, 0.5) is 19.7 Å². The molecular formula is C28H36BrFN4O4S. The maximum atomic E-state index is 15.7. The van der Waals surface area contributed by atoms with Gasteiger partial charge in [0.25, 0.3) is 0 Å². The molecule has 0 spiro atoms. The van der Waals surface area contributed by atoms with Gasteiger partial charge in [-0.05, 0) is 95.1 Å². The number of nitrogens with zero attached hydrogens (tertiary/aromatic N) is 4. The maximum Gasteiger partial charge on any atom is 0.415 e. The third-order valence-electron chi connectivity index (χ3n) is 6.11. The highest BCUT2D eigenvalue weighted by atomic mass is 79.9. The number of likely N-dealkylation sites (tertiary alicyclic amines) is 1. The second kappa shape index (κ2) is 11.9. The highest BCUT2D eigenvalue weighted by Crippen LogP contribution is 2.41. The standard InChI is InChI=1S/C28H36BrFN4O4S/c1-16-23(19-14-17(10-9-12-31)20(29)21(30)22(19)32-24(16)39-8)34(26(36)38-28(5,6)7)18-11-13-33(15-18)25(35)37-27(2,3)4/h14,18H,9-11,13,15H2,1-8H3. The van der Waals surface area contributed by atoms with E-state index in [9.17, 15) is 9.59 Å². The summed E-state index contributed by atoms with van der Waals surface area (Å²) in [5.74, 6) is -0.553. The number of aromatic nitrogens is 1. The zero-order valence-electron chi connectivity index (χ0n) is 23.8. The molecule has 1 aliphatic rings. The Labute approximate surface area is 242 Å². The quantitative estimate of drug-likeness (QED) is 0.321. The maximum absolute atomic E-state index is 15.7. The minimum atomic E-state index is -0.788. The molecule has 1 unspecified atom stereocenters. The SMILES string of the molecule is CSc1nc2c(F)c(Br)c(CCC#N)cc2c(N(C(=O)OC(C)(C)C)C2CCN(C(=O)OC(C)(C)C)C2)c1C. The Morgan fingerprint density at radius 3 is 2.46 bits per heavy atom. The molecule has 2 heterocycles. The predicted molar refractivity (Wildman–Crippen MR) is 155 cm³/mol. The number of halogens is 2. The van der Waals surface area contributed by atoms with Crippen LogP contribution in [0.15, 0.2) is 15.6 Å². The average Bonchev–Trinajstić information content (AvgIpc) is 3.30. The summed E-state index contributed by atoms with van der Waals surface area (Å²) in [6, 6.07) is 3.45. The van der Waals surface area contributed by atoms with Crippen molar-refractivity contribution in [2.45, 2.75) is 90.0 Å². The summed E-state index contributed by atoms with van der Waals surface area (Å²) in [6.07, 6.45) is 1.81. The van der Waals surface area contributed by atoms with Gasteiger partial charge in [-0.1, -0.05) is 0 Å². The van der Waals surface area contributed by atoms with E-state index in [-0.39, 0.29) is 23.0 Å². The van der Waals surface area contributed by atoms with E-state index in [0.717, 1.165) is 0 Å². The molecule has 0 bridgehead atoms. The second-order valence-corrected chi connectivity index (χ2v) is 13.1. The third kappa shape index (κ3) is 7.14. The number of hydrogen-bond acceptors (Lipinski definition) is 7. The molecule has 0 N–H and O–H groups in total. The number of carbonyl (C=O) groups excluding carboxylic acids is 2. The molecule has 0 saturated carbocycles. The number of carbonyl (C=O) groups is 2. The second-order valence-electron chi connectivity index (χ2n) is 11.5.